The van der Waals surface area contributed by atoms with Gasteiger partial charge >= 0.3 is 5.97 Å². The first kappa shape index (κ1) is 40.9. The van der Waals surface area contributed by atoms with Crippen LogP contribution in [-0.4, -0.2) is 71.6 Å². The maximum absolute atomic E-state index is 13.1. The highest BCUT2D eigenvalue weighted by Crippen LogP contribution is 2.43. The van der Waals surface area contributed by atoms with E-state index in [9.17, 15) is 9.90 Å². The van der Waals surface area contributed by atoms with Crippen LogP contribution in [0.5, 0.6) is 11.5 Å². The van der Waals surface area contributed by atoms with Crippen molar-refractivity contribution in [2.24, 2.45) is 0 Å². The lowest BCUT2D eigenvalue weighted by Gasteiger charge is -2.44. The Morgan fingerprint density at radius 1 is 0.907 bits per heavy atom. The molecule has 5 rings (SSSR count). The molecule has 288 valence electrons. The number of methoxy groups -OCH3 is 3. The quantitative estimate of drug-likeness (QED) is 0.0569. The molecule has 0 aliphatic carbocycles. The lowest BCUT2D eigenvalue weighted by atomic mass is 9.93. The summed E-state index contributed by atoms with van der Waals surface area (Å²) in [6.45, 7) is 12.5. The molecule has 0 spiro atoms. The molecule has 4 aromatic rings. The molecular formula is C44H54O9Si. The van der Waals surface area contributed by atoms with Crippen molar-refractivity contribution in [1.82, 2.24) is 0 Å². The van der Waals surface area contributed by atoms with Crippen molar-refractivity contribution < 1.29 is 42.7 Å². The second-order valence-electron chi connectivity index (χ2n) is 15.0. The van der Waals surface area contributed by atoms with Crippen LogP contribution in [0.15, 0.2) is 109 Å². The average molecular weight is 755 g/mol. The zero-order valence-corrected chi connectivity index (χ0v) is 33.8. The molecule has 0 radical (unpaired) electrons. The third-order valence-electron chi connectivity index (χ3n) is 9.62. The van der Waals surface area contributed by atoms with Crippen LogP contribution in [0.2, 0.25) is 5.04 Å². The van der Waals surface area contributed by atoms with Crippen LogP contribution in [0.4, 0.5) is 0 Å². The van der Waals surface area contributed by atoms with E-state index >= 15 is 0 Å². The summed E-state index contributed by atoms with van der Waals surface area (Å²) in [6, 6.07) is 32.1. The third kappa shape index (κ3) is 8.97. The second kappa shape index (κ2) is 17.4. The molecule has 0 aromatic heterocycles. The second-order valence-corrected chi connectivity index (χ2v) is 19.2. The van der Waals surface area contributed by atoms with Gasteiger partial charge in [0.25, 0.3) is 8.32 Å². The van der Waals surface area contributed by atoms with Crippen LogP contribution in [0.25, 0.3) is 11.1 Å². The molecule has 1 saturated heterocycles. The number of rotatable bonds is 15. The van der Waals surface area contributed by atoms with Gasteiger partial charge in [-0.1, -0.05) is 112 Å². The Bertz CT molecular complexity index is 1830. The van der Waals surface area contributed by atoms with Gasteiger partial charge in [0, 0.05) is 24.8 Å². The Kier molecular flexibility index (Phi) is 13.2. The van der Waals surface area contributed by atoms with Gasteiger partial charge in [0.2, 0.25) is 0 Å². The number of aliphatic hydroxyl groups excluding tert-OH is 1. The Morgan fingerprint density at radius 2 is 1.56 bits per heavy atom. The predicted molar refractivity (Wildman–Crippen MR) is 213 cm³/mol. The van der Waals surface area contributed by atoms with Crippen molar-refractivity contribution >= 4 is 24.7 Å². The SMILES string of the molecule is COCOc1cc(OC)cc(-c2cccc([C@H]3OC(C)(C)O[C@@H]3C(O)/C=C\C[C@@H](C)O[Si](c3ccccc3)(c3ccccc3)C(C)(C)C)c2)c1C(=O)OC. The van der Waals surface area contributed by atoms with Gasteiger partial charge in [-0.25, -0.2) is 4.79 Å². The molecule has 9 nitrogen and oxygen atoms in total. The maximum Gasteiger partial charge on any atom is 0.342 e. The number of ether oxygens (including phenoxy) is 6. The highest BCUT2D eigenvalue weighted by molar-refractivity contribution is 6.99. The number of carbonyl (C=O) groups excluding carboxylic acids is 1. The number of benzene rings is 4. The molecule has 10 heteroatoms. The largest absolute Gasteiger partial charge is 0.497 e. The van der Waals surface area contributed by atoms with Crippen molar-refractivity contribution in [3.63, 3.8) is 0 Å². The van der Waals surface area contributed by atoms with Gasteiger partial charge in [0.05, 0.1) is 14.2 Å². The van der Waals surface area contributed by atoms with E-state index in [2.05, 4.69) is 76.2 Å². The topological polar surface area (TPSA) is 102 Å². The zero-order valence-electron chi connectivity index (χ0n) is 32.8. The van der Waals surface area contributed by atoms with E-state index in [1.165, 1.54) is 24.6 Å². The average Bonchev–Trinajstić information content (AvgIpc) is 3.50. The summed E-state index contributed by atoms with van der Waals surface area (Å²) in [5, 5.41) is 13.9. The van der Waals surface area contributed by atoms with E-state index in [0.717, 1.165) is 5.56 Å². The maximum atomic E-state index is 13.1. The van der Waals surface area contributed by atoms with Gasteiger partial charge in [0.15, 0.2) is 12.6 Å². The predicted octanol–water partition coefficient (Wildman–Crippen LogP) is 7.60. The summed E-state index contributed by atoms with van der Waals surface area (Å²) in [5.41, 5.74) is 2.22. The first-order valence-electron chi connectivity index (χ1n) is 18.3. The normalized spacial score (nSPS) is 18.3. The highest BCUT2D eigenvalue weighted by Gasteiger charge is 2.51. The van der Waals surface area contributed by atoms with Crippen LogP contribution in [-0.2, 0) is 23.4 Å². The summed E-state index contributed by atoms with van der Waals surface area (Å²) in [5.74, 6) is -0.787. The monoisotopic (exact) mass is 754 g/mol. The molecule has 0 amide bonds. The molecule has 1 aliphatic heterocycles. The summed E-state index contributed by atoms with van der Waals surface area (Å²) in [4.78, 5) is 13.1. The molecule has 1 heterocycles. The summed E-state index contributed by atoms with van der Waals surface area (Å²) in [6.07, 6.45) is 1.85. The summed E-state index contributed by atoms with van der Waals surface area (Å²) >= 11 is 0. The lowest BCUT2D eigenvalue weighted by Crippen LogP contribution is -2.67. The first-order chi connectivity index (χ1) is 25.7. The Hall–Kier alpha value is -4.29. The number of carbonyl (C=O) groups is 1. The number of aliphatic hydroxyl groups is 1. The molecule has 1 fully saturated rings. The molecule has 1 aliphatic rings. The van der Waals surface area contributed by atoms with Crippen molar-refractivity contribution in [3.8, 4) is 22.6 Å². The van der Waals surface area contributed by atoms with Crippen LogP contribution in [0.1, 0.15) is 70.0 Å². The van der Waals surface area contributed by atoms with Gasteiger partial charge in [-0.3, -0.25) is 0 Å². The Labute approximate surface area is 320 Å². The van der Waals surface area contributed by atoms with E-state index in [1.54, 1.807) is 25.3 Å². The Balaban J connectivity index is 1.41. The minimum Gasteiger partial charge on any atom is -0.497 e. The number of esters is 1. The first-order valence-corrected chi connectivity index (χ1v) is 20.2. The fraction of sp³-hybridized carbons (Fsp3) is 0.386. The smallest absolute Gasteiger partial charge is 0.342 e. The standard InChI is InChI=1S/C44H54O9Si/c1-30(53-54(43(2,3)4,34-21-12-10-13-22-34)35-23-14-11-15-24-35)18-16-25-37(45)41-40(51-44(5,6)52-41)32-20-17-19-31(26-32)36-27-33(48-8)28-38(50-29-47-7)39(36)42(46)49-9/h10-17,19-28,30,37,40-41,45H,18,29H2,1-9H3/b25-16-/t30-,37?,40-,41-/m1/s1. The summed E-state index contributed by atoms with van der Waals surface area (Å²) < 4.78 is 41.5. The van der Waals surface area contributed by atoms with E-state index < -0.39 is 38.4 Å². The third-order valence-corrected chi connectivity index (χ3v) is 14.8. The Morgan fingerprint density at radius 3 is 2.13 bits per heavy atom. The number of hydrogen-bond acceptors (Lipinski definition) is 9. The van der Waals surface area contributed by atoms with E-state index in [4.69, 9.17) is 32.8 Å². The molecule has 54 heavy (non-hydrogen) atoms. The van der Waals surface area contributed by atoms with Gasteiger partial charge < -0.3 is 38.0 Å². The van der Waals surface area contributed by atoms with Crippen LogP contribution in [0.3, 0.4) is 0 Å². The molecule has 0 bridgehead atoms. The molecular weight excluding hydrogens is 701 g/mol. The van der Waals surface area contributed by atoms with Gasteiger partial charge in [-0.2, -0.15) is 0 Å². The van der Waals surface area contributed by atoms with Crippen LogP contribution < -0.4 is 19.8 Å². The molecule has 1 N–H and O–H groups in total. The van der Waals surface area contributed by atoms with Gasteiger partial charge in [-0.15, -0.1) is 0 Å². The molecule has 4 atom stereocenters. The lowest BCUT2D eigenvalue weighted by molar-refractivity contribution is -0.153. The van der Waals surface area contributed by atoms with Crippen LogP contribution in [0, 0.1) is 0 Å². The van der Waals surface area contributed by atoms with Crippen molar-refractivity contribution in [2.75, 3.05) is 28.1 Å². The van der Waals surface area contributed by atoms with Crippen molar-refractivity contribution in [1.29, 1.82) is 0 Å². The number of hydrogen-bond donors (Lipinski definition) is 1. The van der Waals surface area contributed by atoms with Gasteiger partial charge in [0.1, 0.15) is 35.4 Å². The summed E-state index contributed by atoms with van der Waals surface area (Å²) in [7, 11) is 1.62. The molecule has 4 aromatic carbocycles. The van der Waals surface area contributed by atoms with Crippen LogP contribution >= 0.6 is 0 Å². The minimum absolute atomic E-state index is 0.0730. The fourth-order valence-electron chi connectivity index (χ4n) is 7.22. The fourth-order valence-corrected chi connectivity index (χ4v) is 11.9. The van der Waals surface area contributed by atoms with Crippen molar-refractivity contribution in [3.05, 3.63) is 120 Å². The zero-order chi connectivity index (χ0) is 39.1. The van der Waals surface area contributed by atoms with Gasteiger partial charge in [-0.05, 0) is 65.9 Å². The minimum atomic E-state index is -2.75. The highest BCUT2D eigenvalue weighted by atomic mass is 28.4. The van der Waals surface area contributed by atoms with E-state index in [0.29, 0.717) is 23.3 Å². The van der Waals surface area contributed by atoms with Crippen molar-refractivity contribution in [2.45, 2.75) is 83.2 Å². The molecule has 1 unspecified atom stereocenters. The molecule has 0 saturated carbocycles. The van der Waals surface area contributed by atoms with E-state index in [-0.39, 0.29) is 29.2 Å². The van der Waals surface area contributed by atoms with E-state index in [1.807, 2.05) is 56.3 Å².